The molecule has 0 saturated heterocycles. The molecule has 4 N–H and O–H groups in total. The number of carbonyl (C=O) groups is 4. The van der Waals surface area contributed by atoms with E-state index in [2.05, 4.69) is 10.1 Å². The third-order valence-corrected chi connectivity index (χ3v) is 3.01. The number of urea groups is 1. The van der Waals surface area contributed by atoms with Crippen LogP contribution < -0.4 is 16.4 Å². The minimum absolute atomic E-state index is 0.0466. The van der Waals surface area contributed by atoms with Gasteiger partial charge in [-0.1, -0.05) is 19.3 Å². The number of amides is 4. The van der Waals surface area contributed by atoms with Crippen molar-refractivity contribution in [3.63, 3.8) is 0 Å². The first-order valence-corrected chi connectivity index (χ1v) is 6.51. The highest BCUT2D eigenvalue weighted by atomic mass is 16.5. The SMILES string of the molecule is NC(=O)NC(=O)COC(=O)CNC(=O)C1CCCCC1. The lowest BCUT2D eigenvalue weighted by atomic mass is 9.89. The molecule has 1 aliphatic rings. The van der Waals surface area contributed by atoms with E-state index >= 15 is 0 Å². The second-order valence-corrected chi connectivity index (χ2v) is 4.63. The van der Waals surface area contributed by atoms with Crippen molar-refractivity contribution in [2.45, 2.75) is 32.1 Å². The van der Waals surface area contributed by atoms with Gasteiger partial charge in [-0.15, -0.1) is 0 Å². The standard InChI is InChI=1S/C12H19N3O5/c13-12(19)15-9(16)7-20-10(17)6-14-11(18)8-4-2-1-3-5-8/h8H,1-7H2,(H,14,18)(H3,13,15,16,19). The maximum absolute atomic E-state index is 11.7. The Hall–Kier alpha value is -2.12. The Labute approximate surface area is 116 Å². The summed E-state index contributed by atoms with van der Waals surface area (Å²) in [6.07, 6.45) is 4.86. The summed E-state index contributed by atoms with van der Waals surface area (Å²) in [5.41, 5.74) is 4.71. The van der Waals surface area contributed by atoms with E-state index in [1.54, 1.807) is 5.32 Å². The molecule has 0 spiro atoms. The number of ether oxygens (including phenoxy) is 1. The molecule has 4 amide bonds. The van der Waals surface area contributed by atoms with E-state index in [9.17, 15) is 19.2 Å². The van der Waals surface area contributed by atoms with Crippen LogP contribution in [0.5, 0.6) is 0 Å². The van der Waals surface area contributed by atoms with E-state index in [1.807, 2.05) is 0 Å². The monoisotopic (exact) mass is 285 g/mol. The second-order valence-electron chi connectivity index (χ2n) is 4.63. The molecule has 8 heteroatoms. The summed E-state index contributed by atoms with van der Waals surface area (Å²) in [5, 5.41) is 4.23. The number of carbonyl (C=O) groups excluding carboxylic acids is 4. The van der Waals surface area contributed by atoms with Gasteiger partial charge in [0, 0.05) is 5.92 Å². The molecule has 0 heterocycles. The summed E-state index contributed by atoms with van der Waals surface area (Å²) in [7, 11) is 0. The fourth-order valence-corrected chi connectivity index (χ4v) is 2.04. The Bertz CT molecular complexity index is 391. The van der Waals surface area contributed by atoms with Crippen LogP contribution >= 0.6 is 0 Å². The topological polar surface area (TPSA) is 128 Å². The van der Waals surface area contributed by atoms with Gasteiger partial charge < -0.3 is 15.8 Å². The van der Waals surface area contributed by atoms with E-state index in [4.69, 9.17) is 5.73 Å². The molecule has 0 radical (unpaired) electrons. The fourth-order valence-electron chi connectivity index (χ4n) is 2.04. The molecular formula is C12H19N3O5. The molecule has 0 aromatic rings. The lowest BCUT2D eigenvalue weighted by Crippen LogP contribution is -2.39. The molecule has 112 valence electrons. The maximum atomic E-state index is 11.7. The highest BCUT2D eigenvalue weighted by Crippen LogP contribution is 2.23. The number of hydrogen-bond donors (Lipinski definition) is 3. The first-order valence-electron chi connectivity index (χ1n) is 6.51. The summed E-state index contributed by atoms with van der Waals surface area (Å²) in [5.74, 6) is -1.77. The first-order chi connectivity index (χ1) is 9.49. The number of rotatable bonds is 5. The smallest absolute Gasteiger partial charge is 0.325 e. The van der Waals surface area contributed by atoms with E-state index in [-0.39, 0.29) is 18.4 Å². The van der Waals surface area contributed by atoms with Crippen molar-refractivity contribution in [2.75, 3.05) is 13.2 Å². The summed E-state index contributed by atoms with van der Waals surface area (Å²) in [6, 6.07) is -1.02. The number of nitrogens with one attached hydrogen (secondary N) is 2. The lowest BCUT2D eigenvalue weighted by Gasteiger charge is -2.20. The van der Waals surface area contributed by atoms with E-state index in [0.717, 1.165) is 32.1 Å². The fraction of sp³-hybridized carbons (Fsp3) is 0.667. The molecule has 8 nitrogen and oxygen atoms in total. The Balaban J connectivity index is 2.17. The second kappa shape index (κ2) is 8.13. The van der Waals surface area contributed by atoms with E-state index < -0.39 is 24.5 Å². The molecule has 1 aliphatic carbocycles. The summed E-state index contributed by atoms with van der Waals surface area (Å²) in [6.45, 7) is -0.903. The first kappa shape index (κ1) is 15.9. The molecule has 1 saturated carbocycles. The van der Waals surface area contributed by atoms with Crippen molar-refractivity contribution in [2.24, 2.45) is 11.7 Å². The van der Waals surface area contributed by atoms with Crippen molar-refractivity contribution < 1.29 is 23.9 Å². The van der Waals surface area contributed by atoms with Gasteiger partial charge >= 0.3 is 12.0 Å². The largest absolute Gasteiger partial charge is 0.454 e. The van der Waals surface area contributed by atoms with Crippen LogP contribution in [0.1, 0.15) is 32.1 Å². The molecule has 0 atom stereocenters. The molecule has 0 aromatic heterocycles. The molecule has 0 aliphatic heterocycles. The van der Waals surface area contributed by atoms with Crippen LogP contribution in [0.25, 0.3) is 0 Å². The van der Waals surface area contributed by atoms with Crippen LogP contribution in [0.2, 0.25) is 0 Å². The molecule has 1 fully saturated rings. The normalized spacial score (nSPS) is 15.2. The predicted molar refractivity (Wildman–Crippen MR) is 68.3 cm³/mol. The van der Waals surface area contributed by atoms with Crippen LogP contribution in [-0.2, 0) is 19.1 Å². The van der Waals surface area contributed by atoms with Gasteiger partial charge in [-0.3, -0.25) is 19.7 Å². The zero-order chi connectivity index (χ0) is 15.0. The van der Waals surface area contributed by atoms with Crippen molar-refractivity contribution in [3.05, 3.63) is 0 Å². The average molecular weight is 285 g/mol. The Morgan fingerprint density at radius 2 is 1.75 bits per heavy atom. The zero-order valence-corrected chi connectivity index (χ0v) is 11.1. The van der Waals surface area contributed by atoms with Gasteiger partial charge in [-0.05, 0) is 12.8 Å². The average Bonchev–Trinajstić information content (AvgIpc) is 2.42. The number of esters is 1. The summed E-state index contributed by atoms with van der Waals surface area (Å²) >= 11 is 0. The zero-order valence-electron chi connectivity index (χ0n) is 11.1. The van der Waals surface area contributed by atoms with Gasteiger partial charge in [0.15, 0.2) is 6.61 Å². The third-order valence-electron chi connectivity index (χ3n) is 3.01. The summed E-state index contributed by atoms with van der Waals surface area (Å²) in [4.78, 5) is 44.3. The van der Waals surface area contributed by atoms with Crippen LogP contribution in [0.15, 0.2) is 0 Å². The van der Waals surface area contributed by atoms with Gasteiger partial charge in [0.2, 0.25) is 5.91 Å². The number of nitrogens with two attached hydrogens (primary N) is 1. The minimum Gasteiger partial charge on any atom is -0.454 e. The Morgan fingerprint density at radius 3 is 2.35 bits per heavy atom. The van der Waals surface area contributed by atoms with Crippen LogP contribution in [-0.4, -0.2) is 37.0 Å². The van der Waals surface area contributed by atoms with Crippen molar-refractivity contribution in [3.8, 4) is 0 Å². The Kier molecular flexibility index (Phi) is 6.48. The Morgan fingerprint density at radius 1 is 1.10 bits per heavy atom. The van der Waals surface area contributed by atoms with Crippen molar-refractivity contribution in [1.29, 1.82) is 0 Å². The highest BCUT2D eigenvalue weighted by Gasteiger charge is 2.21. The van der Waals surface area contributed by atoms with Gasteiger partial charge in [0.25, 0.3) is 5.91 Å². The van der Waals surface area contributed by atoms with Crippen molar-refractivity contribution >= 4 is 23.8 Å². The van der Waals surface area contributed by atoms with E-state index in [0.29, 0.717) is 0 Å². The molecule has 0 aromatic carbocycles. The molecular weight excluding hydrogens is 266 g/mol. The maximum Gasteiger partial charge on any atom is 0.325 e. The van der Waals surface area contributed by atoms with E-state index in [1.165, 1.54) is 0 Å². The van der Waals surface area contributed by atoms with Gasteiger partial charge in [-0.2, -0.15) is 0 Å². The molecule has 0 bridgehead atoms. The van der Waals surface area contributed by atoms with Crippen LogP contribution in [0.4, 0.5) is 4.79 Å². The summed E-state index contributed by atoms with van der Waals surface area (Å²) < 4.78 is 4.57. The number of hydrogen-bond acceptors (Lipinski definition) is 5. The third kappa shape index (κ3) is 6.17. The van der Waals surface area contributed by atoms with Gasteiger partial charge in [0.05, 0.1) is 0 Å². The van der Waals surface area contributed by atoms with Crippen LogP contribution in [0.3, 0.4) is 0 Å². The quantitative estimate of drug-likeness (QED) is 0.582. The van der Waals surface area contributed by atoms with Gasteiger partial charge in [-0.25, -0.2) is 4.79 Å². The lowest BCUT2D eigenvalue weighted by molar-refractivity contribution is -0.148. The van der Waals surface area contributed by atoms with Crippen molar-refractivity contribution in [1.82, 2.24) is 10.6 Å². The molecule has 0 unspecified atom stereocenters. The highest BCUT2D eigenvalue weighted by molar-refractivity contribution is 5.95. The van der Waals surface area contributed by atoms with Gasteiger partial charge in [0.1, 0.15) is 6.54 Å². The molecule has 20 heavy (non-hydrogen) atoms. The number of imide groups is 1. The number of primary amides is 1. The molecule has 1 rings (SSSR count). The minimum atomic E-state index is -1.02. The predicted octanol–water partition coefficient (Wildman–Crippen LogP) is -0.579. The van der Waals surface area contributed by atoms with Crippen LogP contribution in [0, 0.1) is 5.92 Å².